The number of aromatic nitrogens is 2. The lowest BCUT2D eigenvalue weighted by atomic mass is 10.1. The van der Waals surface area contributed by atoms with Gasteiger partial charge in [0.1, 0.15) is 11.5 Å². The van der Waals surface area contributed by atoms with E-state index >= 15 is 0 Å². The van der Waals surface area contributed by atoms with Crippen LogP contribution in [0.4, 0.5) is 11.5 Å². The lowest BCUT2D eigenvalue weighted by molar-refractivity contribution is 0.0527. The summed E-state index contributed by atoms with van der Waals surface area (Å²) in [4.78, 5) is 32.6. The van der Waals surface area contributed by atoms with Crippen LogP contribution in [0.25, 0.3) is 0 Å². The minimum Gasteiger partial charge on any atom is -0.462 e. The molecular weight excluding hydrogens is 320 g/mol. The van der Waals surface area contributed by atoms with Gasteiger partial charge >= 0.3 is 5.97 Å². The van der Waals surface area contributed by atoms with Crippen molar-refractivity contribution >= 4 is 23.4 Å². The van der Waals surface area contributed by atoms with Crippen LogP contribution in [-0.4, -0.2) is 34.0 Å². The maximum Gasteiger partial charge on any atom is 0.340 e. The molecule has 0 spiro atoms. The summed E-state index contributed by atoms with van der Waals surface area (Å²) in [5.74, 6) is -0.364. The molecule has 0 aliphatic rings. The zero-order valence-corrected chi connectivity index (χ0v) is 14.8. The number of rotatable bonds is 5. The Labute approximate surface area is 146 Å². The van der Waals surface area contributed by atoms with Gasteiger partial charge in [-0.2, -0.15) is 0 Å². The van der Waals surface area contributed by atoms with Crippen molar-refractivity contribution in [2.45, 2.75) is 33.2 Å². The van der Waals surface area contributed by atoms with E-state index in [1.807, 2.05) is 20.8 Å². The second kappa shape index (κ2) is 7.74. The highest BCUT2D eigenvalue weighted by Gasteiger charge is 2.16. The summed E-state index contributed by atoms with van der Waals surface area (Å²) in [5, 5.41) is 5.84. The van der Waals surface area contributed by atoms with Crippen molar-refractivity contribution in [3.05, 3.63) is 47.9 Å². The molecule has 7 heteroatoms. The zero-order chi connectivity index (χ0) is 18.4. The van der Waals surface area contributed by atoms with Crippen LogP contribution in [-0.2, 0) is 4.74 Å². The molecule has 0 saturated carbocycles. The lowest BCUT2D eigenvalue weighted by Crippen LogP contribution is -2.27. The molecule has 2 N–H and O–H groups in total. The van der Waals surface area contributed by atoms with Crippen LogP contribution in [0.2, 0.25) is 0 Å². The van der Waals surface area contributed by atoms with Gasteiger partial charge in [-0.05, 0) is 39.8 Å². The Bertz CT molecular complexity index is 752. The molecule has 2 aromatic rings. The van der Waals surface area contributed by atoms with Crippen LogP contribution in [0.5, 0.6) is 0 Å². The summed E-state index contributed by atoms with van der Waals surface area (Å²) < 4.78 is 4.99. The third-order valence-corrected chi connectivity index (χ3v) is 3.06. The second-order valence-corrected chi connectivity index (χ2v) is 6.38. The first-order valence-corrected chi connectivity index (χ1v) is 7.98. The van der Waals surface area contributed by atoms with E-state index in [-0.39, 0.29) is 23.4 Å². The molecule has 0 saturated heterocycles. The number of amides is 1. The van der Waals surface area contributed by atoms with E-state index in [1.165, 1.54) is 12.4 Å². The summed E-state index contributed by atoms with van der Waals surface area (Å²) in [6.45, 7) is 7.99. The predicted octanol–water partition coefficient (Wildman–Crippen LogP) is 3.12. The number of ether oxygens (including phenoxy) is 1. The average Bonchev–Trinajstić information content (AvgIpc) is 2.54. The number of carbonyl (C=O) groups is 2. The van der Waals surface area contributed by atoms with Gasteiger partial charge in [-0.25, -0.2) is 14.8 Å². The van der Waals surface area contributed by atoms with E-state index in [9.17, 15) is 9.59 Å². The van der Waals surface area contributed by atoms with Gasteiger partial charge in [-0.1, -0.05) is 12.1 Å². The first kappa shape index (κ1) is 18.4. The third kappa shape index (κ3) is 5.27. The van der Waals surface area contributed by atoms with Crippen molar-refractivity contribution < 1.29 is 14.3 Å². The highest BCUT2D eigenvalue weighted by Crippen LogP contribution is 2.17. The van der Waals surface area contributed by atoms with Crippen molar-refractivity contribution in [3.8, 4) is 0 Å². The van der Waals surface area contributed by atoms with E-state index in [2.05, 4.69) is 20.6 Å². The first-order chi connectivity index (χ1) is 11.8. The van der Waals surface area contributed by atoms with Gasteiger partial charge in [0.05, 0.1) is 30.3 Å². The van der Waals surface area contributed by atoms with Crippen molar-refractivity contribution in [1.82, 2.24) is 9.97 Å². The Kier molecular flexibility index (Phi) is 5.69. The second-order valence-electron chi connectivity index (χ2n) is 6.38. The average molecular weight is 342 g/mol. The molecule has 2 rings (SSSR count). The number of carbonyl (C=O) groups excluding carboxylic acids is 2. The molecule has 0 fully saturated rings. The van der Waals surface area contributed by atoms with Crippen LogP contribution >= 0.6 is 0 Å². The molecule has 1 aromatic carbocycles. The van der Waals surface area contributed by atoms with Crippen LogP contribution in [0.3, 0.4) is 0 Å². The number of hydrogen-bond acceptors (Lipinski definition) is 6. The minimum atomic E-state index is -0.491. The maximum atomic E-state index is 12.4. The smallest absolute Gasteiger partial charge is 0.340 e. The highest BCUT2D eigenvalue weighted by atomic mass is 16.5. The SMILES string of the molecule is CCOC(=O)c1ccccc1NC(=O)c1cnc(NC(C)(C)C)cn1. The monoisotopic (exact) mass is 342 g/mol. The number of esters is 1. The fourth-order valence-corrected chi connectivity index (χ4v) is 2.06. The number of nitrogens with zero attached hydrogens (tertiary/aromatic N) is 2. The standard InChI is InChI=1S/C18H22N4O3/c1-5-25-17(24)12-8-6-7-9-13(12)21-16(23)14-10-20-15(11-19-14)22-18(2,3)4/h6-11H,5H2,1-4H3,(H,20,22)(H,21,23). The fourth-order valence-electron chi connectivity index (χ4n) is 2.06. The Morgan fingerprint density at radius 2 is 1.84 bits per heavy atom. The largest absolute Gasteiger partial charge is 0.462 e. The van der Waals surface area contributed by atoms with Crippen molar-refractivity contribution in [2.75, 3.05) is 17.2 Å². The summed E-state index contributed by atoms with van der Waals surface area (Å²) in [7, 11) is 0. The van der Waals surface area contributed by atoms with E-state index in [0.717, 1.165) is 0 Å². The predicted molar refractivity (Wildman–Crippen MR) is 95.8 cm³/mol. The van der Waals surface area contributed by atoms with Crippen LogP contribution in [0.1, 0.15) is 48.5 Å². The van der Waals surface area contributed by atoms with Gasteiger partial charge in [0.25, 0.3) is 5.91 Å². The number of benzene rings is 1. The first-order valence-electron chi connectivity index (χ1n) is 7.98. The molecule has 25 heavy (non-hydrogen) atoms. The van der Waals surface area contributed by atoms with E-state index < -0.39 is 11.9 Å². The number of hydrogen-bond donors (Lipinski definition) is 2. The molecule has 132 valence electrons. The molecule has 0 unspecified atom stereocenters. The van der Waals surface area contributed by atoms with Gasteiger partial charge in [-0.15, -0.1) is 0 Å². The fraction of sp³-hybridized carbons (Fsp3) is 0.333. The molecule has 1 aromatic heterocycles. The number of para-hydroxylation sites is 1. The quantitative estimate of drug-likeness (QED) is 0.811. The molecular formula is C18H22N4O3. The molecule has 1 amide bonds. The summed E-state index contributed by atoms with van der Waals surface area (Å²) in [5.41, 5.74) is 0.649. The molecule has 0 aliphatic carbocycles. The highest BCUT2D eigenvalue weighted by molar-refractivity contribution is 6.06. The van der Waals surface area contributed by atoms with Crippen molar-refractivity contribution in [2.24, 2.45) is 0 Å². The van der Waals surface area contributed by atoms with E-state index in [0.29, 0.717) is 11.5 Å². The van der Waals surface area contributed by atoms with Crippen LogP contribution in [0, 0.1) is 0 Å². The maximum absolute atomic E-state index is 12.4. The van der Waals surface area contributed by atoms with Gasteiger partial charge in [0.2, 0.25) is 0 Å². The van der Waals surface area contributed by atoms with Crippen LogP contribution < -0.4 is 10.6 Å². The molecule has 1 heterocycles. The summed E-state index contributed by atoms with van der Waals surface area (Å²) in [6.07, 6.45) is 2.88. The van der Waals surface area contributed by atoms with E-state index in [1.54, 1.807) is 31.2 Å². The van der Waals surface area contributed by atoms with Crippen LogP contribution in [0.15, 0.2) is 36.7 Å². The van der Waals surface area contributed by atoms with Crippen molar-refractivity contribution in [1.29, 1.82) is 0 Å². The third-order valence-electron chi connectivity index (χ3n) is 3.06. The minimum absolute atomic E-state index is 0.151. The molecule has 0 bridgehead atoms. The van der Waals surface area contributed by atoms with Gasteiger partial charge < -0.3 is 15.4 Å². The normalized spacial score (nSPS) is 10.9. The Morgan fingerprint density at radius 1 is 1.12 bits per heavy atom. The summed E-state index contributed by atoms with van der Waals surface area (Å²) >= 11 is 0. The zero-order valence-electron chi connectivity index (χ0n) is 14.8. The Balaban J connectivity index is 2.14. The Morgan fingerprint density at radius 3 is 2.44 bits per heavy atom. The topological polar surface area (TPSA) is 93.2 Å². The Hall–Kier alpha value is -2.96. The lowest BCUT2D eigenvalue weighted by Gasteiger charge is -2.20. The van der Waals surface area contributed by atoms with Gasteiger partial charge in [0.15, 0.2) is 0 Å². The molecule has 7 nitrogen and oxygen atoms in total. The molecule has 0 atom stereocenters. The van der Waals surface area contributed by atoms with Gasteiger partial charge in [0, 0.05) is 5.54 Å². The molecule has 0 aliphatic heterocycles. The van der Waals surface area contributed by atoms with Crippen molar-refractivity contribution in [3.63, 3.8) is 0 Å². The number of anilines is 2. The molecule has 0 radical (unpaired) electrons. The van der Waals surface area contributed by atoms with Gasteiger partial charge in [-0.3, -0.25) is 4.79 Å². The number of nitrogens with one attached hydrogen (secondary N) is 2. The van der Waals surface area contributed by atoms with E-state index in [4.69, 9.17) is 4.74 Å². The summed E-state index contributed by atoms with van der Waals surface area (Å²) in [6, 6.07) is 6.65.